The summed E-state index contributed by atoms with van der Waals surface area (Å²) < 4.78 is 30.0. The predicted octanol–water partition coefficient (Wildman–Crippen LogP) is 2.47. The molecular formula is C10H10ClF2NO2. The van der Waals surface area contributed by atoms with E-state index in [0.29, 0.717) is 0 Å². The first-order valence-electron chi connectivity index (χ1n) is 4.47. The lowest BCUT2D eigenvalue weighted by Gasteiger charge is -2.10. The van der Waals surface area contributed by atoms with Crippen LogP contribution >= 0.6 is 11.6 Å². The Morgan fingerprint density at radius 3 is 2.81 bits per heavy atom. The van der Waals surface area contributed by atoms with Gasteiger partial charge in [-0.1, -0.05) is 0 Å². The quantitative estimate of drug-likeness (QED) is 0.608. The van der Waals surface area contributed by atoms with E-state index in [9.17, 15) is 13.6 Å². The molecule has 1 aromatic rings. The Morgan fingerprint density at radius 1 is 1.62 bits per heavy atom. The number of methoxy groups -OCH3 is 1. The lowest BCUT2D eigenvalue weighted by Crippen LogP contribution is -2.09. The Morgan fingerprint density at radius 2 is 2.31 bits per heavy atom. The zero-order valence-electron chi connectivity index (χ0n) is 8.54. The molecule has 0 N–H and O–H groups in total. The van der Waals surface area contributed by atoms with Crippen molar-refractivity contribution in [3.63, 3.8) is 0 Å². The number of carbonyl (C=O) groups is 1. The highest BCUT2D eigenvalue weighted by molar-refractivity contribution is 6.17. The third-order valence-electron chi connectivity index (χ3n) is 2.07. The average Bonchev–Trinajstić information content (AvgIpc) is 2.28. The van der Waals surface area contributed by atoms with E-state index in [1.165, 1.54) is 19.4 Å². The summed E-state index contributed by atoms with van der Waals surface area (Å²) in [4.78, 5) is 14.8. The number of halogens is 3. The van der Waals surface area contributed by atoms with Gasteiger partial charge < -0.3 is 4.74 Å². The summed E-state index contributed by atoms with van der Waals surface area (Å²) in [6.45, 7) is 0. The average molecular weight is 250 g/mol. The van der Waals surface area contributed by atoms with E-state index in [4.69, 9.17) is 11.6 Å². The first-order valence-corrected chi connectivity index (χ1v) is 5.01. The van der Waals surface area contributed by atoms with Gasteiger partial charge in [-0.25, -0.2) is 8.78 Å². The number of ether oxygens (including phenoxy) is 1. The van der Waals surface area contributed by atoms with Crippen molar-refractivity contribution >= 4 is 17.6 Å². The largest absolute Gasteiger partial charge is 0.469 e. The minimum atomic E-state index is -2.71. The fourth-order valence-corrected chi connectivity index (χ4v) is 1.53. The molecule has 0 spiro atoms. The first-order chi connectivity index (χ1) is 7.60. The molecule has 1 heterocycles. The van der Waals surface area contributed by atoms with Gasteiger partial charge in [0.05, 0.1) is 25.1 Å². The second-order valence-corrected chi connectivity index (χ2v) is 3.28. The zero-order valence-corrected chi connectivity index (χ0v) is 9.30. The third kappa shape index (κ3) is 2.88. The van der Waals surface area contributed by atoms with Crippen molar-refractivity contribution in [2.75, 3.05) is 7.11 Å². The molecule has 0 atom stereocenters. The monoisotopic (exact) mass is 249 g/mol. The molecule has 1 aromatic heterocycles. The molecule has 0 unspecified atom stereocenters. The number of hydrogen-bond acceptors (Lipinski definition) is 3. The van der Waals surface area contributed by atoms with Gasteiger partial charge in [-0.3, -0.25) is 9.78 Å². The number of hydrogen-bond donors (Lipinski definition) is 0. The molecule has 0 amide bonds. The Bertz CT molecular complexity index is 385. The van der Waals surface area contributed by atoms with Crippen LogP contribution in [0.4, 0.5) is 8.78 Å². The number of esters is 1. The maximum Gasteiger partial charge on any atom is 0.309 e. The molecule has 0 radical (unpaired) electrons. The van der Waals surface area contributed by atoms with Crippen molar-refractivity contribution in [3.8, 4) is 0 Å². The van der Waals surface area contributed by atoms with Crippen LogP contribution < -0.4 is 0 Å². The Balaban J connectivity index is 3.11. The second-order valence-electron chi connectivity index (χ2n) is 3.02. The van der Waals surface area contributed by atoms with Crippen molar-refractivity contribution in [2.45, 2.75) is 18.7 Å². The van der Waals surface area contributed by atoms with Gasteiger partial charge in [0.2, 0.25) is 0 Å². The normalized spacial score (nSPS) is 10.6. The highest BCUT2D eigenvalue weighted by atomic mass is 35.5. The van der Waals surface area contributed by atoms with Crippen LogP contribution in [-0.2, 0) is 21.8 Å². The van der Waals surface area contributed by atoms with E-state index in [-0.39, 0.29) is 29.1 Å². The molecule has 0 saturated heterocycles. The second kappa shape index (κ2) is 5.75. The van der Waals surface area contributed by atoms with Crippen LogP contribution in [-0.4, -0.2) is 18.1 Å². The number of alkyl halides is 3. The van der Waals surface area contributed by atoms with Gasteiger partial charge in [0.25, 0.3) is 6.43 Å². The summed E-state index contributed by atoms with van der Waals surface area (Å²) in [6, 6.07) is 1.37. The fourth-order valence-electron chi connectivity index (χ4n) is 1.32. The molecule has 0 bridgehead atoms. The van der Waals surface area contributed by atoms with Crippen molar-refractivity contribution in [3.05, 3.63) is 29.1 Å². The highest BCUT2D eigenvalue weighted by Gasteiger charge is 2.20. The van der Waals surface area contributed by atoms with Crippen LogP contribution in [0.15, 0.2) is 12.3 Å². The lowest BCUT2D eigenvalue weighted by atomic mass is 10.0. The van der Waals surface area contributed by atoms with Crippen molar-refractivity contribution in [2.24, 2.45) is 0 Å². The van der Waals surface area contributed by atoms with Gasteiger partial charge in [0.1, 0.15) is 0 Å². The van der Waals surface area contributed by atoms with E-state index in [0.717, 1.165) is 0 Å². The molecule has 0 aromatic carbocycles. The van der Waals surface area contributed by atoms with Gasteiger partial charge >= 0.3 is 5.97 Å². The summed E-state index contributed by atoms with van der Waals surface area (Å²) >= 11 is 5.51. The van der Waals surface area contributed by atoms with Crippen LogP contribution in [0.25, 0.3) is 0 Å². The topological polar surface area (TPSA) is 39.2 Å². The molecule has 0 fully saturated rings. The molecule has 0 aliphatic rings. The van der Waals surface area contributed by atoms with E-state index < -0.39 is 12.4 Å². The first kappa shape index (κ1) is 12.8. The number of carbonyl (C=O) groups excluding carboxylic acids is 1. The van der Waals surface area contributed by atoms with Crippen LogP contribution in [0, 0.1) is 0 Å². The van der Waals surface area contributed by atoms with Crippen LogP contribution in [0.1, 0.15) is 23.2 Å². The van der Waals surface area contributed by atoms with Crippen LogP contribution in [0.2, 0.25) is 0 Å². The molecule has 0 aliphatic carbocycles. The predicted molar refractivity (Wildman–Crippen MR) is 54.5 cm³/mol. The SMILES string of the molecule is COC(=O)Cc1ccnc(CCl)c1C(F)F. The minimum Gasteiger partial charge on any atom is -0.469 e. The standard InChI is InChI=1S/C10H10ClF2NO2/c1-16-8(15)4-6-2-3-14-7(5-11)9(6)10(12)13/h2-3,10H,4-5H2,1H3. The molecule has 3 nitrogen and oxygen atoms in total. The number of nitrogens with zero attached hydrogens (tertiary/aromatic N) is 1. The summed E-state index contributed by atoms with van der Waals surface area (Å²) in [5.41, 5.74) is 0.0217. The Hall–Kier alpha value is -1.23. The summed E-state index contributed by atoms with van der Waals surface area (Å²) in [7, 11) is 1.20. The summed E-state index contributed by atoms with van der Waals surface area (Å²) in [6.07, 6.45) is -1.56. The van der Waals surface area contributed by atoms with Crippen LogP contribution in [0.5, 0.6) is 0 Å². The highest BCUT2D eigenvalue weighted by Crippen LogP contribution is 2.27. The third-order valence-corrected chi connectivity index (χ3v) is 2.32. The van der Waals surface area contributed by atoms with Crippen molar-refractivity contribution in [1.82, 2.24) is 4.98 Å². The van der Waals surface area contributed by atoms with Gasteiger partial charge in [-0.05, 0) is 11.6 Å². The number of pyridine rings is 1. The molecule has 0 saturated carbocycles. The molecule has 16 heavy (non-hydrogen) atoms. The number of rotatable bonds is 4. The molecular weight excluding hydrogens is 240 g/mol. The van der Waals surface area contributed by atoms with Crippen molar-refractivity contribution in [1.29, 1.82) is 0 Å². The minimum absolute atomic E-state index is 0.0954. The maximum absolute atomic E-state index is 12.8. The van der Waals surface area contributed by atoms with Gasteiger partial charge in [-0.15, -0.1) is 11.6 Å². The Labute approximate surface area is 96.4 Å². The van der Waals surface area contributed by atoms with Gasteiger partial charge in [0.15, 0.2) is 0 Å². The molecule has 88 valence electrons. The molecule has 1 rings (SSSR count). The van der Waals surface area contributed by atoms with Gasteiger partial charge in [0, 0.05) is 11.8 Å². The van der Waals surface area contributed by atoms with E-state index >= 15 is 0 Å². The zero-order chi connectivity index (χ0) is 12.1. The van der Waals surface area contributed by atoms with Crippen LogP contribution in [0.3, 0.4) is 0 Å². The van der Waals surface area contributed by atoms with Gasteiger partial charge in [-0.2, -0.15) is 0 Å². The maximum atomic E-state index is 12.8. The fraction of sp³-hybridized carbons (Fsp3) is 0.400. The summed E-state index contributed by atoms with van der Waals surface area (Å²) in [5.74, 6) is -0.692. The van der Waals surface area contributed by atoms with E-state index in [1.807, 2.05) is 0 Å². The summed E-state index contributed by atoms with van der Waals surface area (Å²) in [5, 5.41) is 0. The molecule has 0 aliphatic heterocycles. The van der Waals surface area contributed by atoms with Crippen molar-refractivity contribution < 1.29 is 18.3 Å². The lowest BCUT2D eigenvalue weighted by molar-refractivity contribution is -0.139. The molecule has 6 heteroatoms. The van der Waals surface area contributed by atoms with E-state index in [1.54, 1.807) is 0 Å². The van der Waals surface area contributed by atoms with E-state index in [2.05, 4.69) is 9.72 Å². The smallest absolute Gasteiger partial charge is 0.309 e. The number of aromatic nitrogens is 1. The Kier molecular flexibility index (Phi) is 4.61.